The molecular weight excluding hydrogens is 458 g/mol. The van der Waals surface area contributed by atoms with E-state index in [1.807, 2.05) is 53.1 Å². The SMILES string of the molecule is C=CCn1c(CNc2cccc3ccccc23)nnc1SCCC(=O)NCc1ccc(OC)cc1. The molecule has 180 valence electrons. The Morgan fingerprint density at radius 3 is 2.66 bits per heavy atom. The highest BCUT2D eigenvalue weighted by Crippen LogP contribution is 2.24. The lowest BCUT2D eigenvalue weighted by Gasteiger charge is -2.11. The van der Waals surface area contributed by atoms with Crippen LogP contribution in [0.5, 0.6) is 5.75 Å². The molecule has 0 radical (unpaired) electrons. The van der Waals surface area contributed by atoms with Crippen molar-refractivity contribution in [3.05, 3.63) is 90.8 Å². The summed E-state index contributed by atoms with van der Waals surface area (Å²) in [6, 6.07) is 22.1. The summed E-state index contributed by atoms with van der Waals surface area (Å²) in [6.45, 7) is 5.50. The number of amides is 1. The minimum Gasteiger partial charge on any atom is -0.497 e. The molecule has 0 atom stereocenters. The molecular formula is C27H29N5O2S. The summed E-state index contributed by atoms with van der Waals surface area (Å²) in [7, 11) is 1.63. The maximum absolute atomic E-state index is 12.3. The van der Waals surface area contributed by atoms with E-state index in [1.54, 1.807) is 7.11 Å². The smallest absolute Gasteiger partial charge is 0.221 e. The van der Waals surface area contributed by atoms with Gasteiger partial charge in [-0.3, -0.25) is 4.79 Å². The first-order chi connectivity index (χ1) is 17.2. The zero-order valence-electron chi connectivity index (χ0n) is 19.7. The van der Waals surface area contributed by atoms with Crippen LogP contribution in [0.1, 0.15) is 17.8 Å². The zero-order chi connectivity index (χ0) is 24.5. The van der Waals surface area contributed by atoms with Crippen LogP contribution < -0.4 is 15.4 Å². The third-order valence-corrected chi connectivity index (χ3v) is 6.51. The molecule has 2 N–H and O–H groups in total. The van der Waals surface area contributed by atoms with E-state index in [9.17, 15) is 4.79 Å². The molecule has 1 aromatic heterocycles. The number of thioether (sulfide) groups is 1. The fourth-order valence-electron chi connectivity index (χ4n) is 3.69. The number of hydrogen-bond donors (Lipinski definition) is 2. The van der Waals surface area contributed by atoms with E-state index in [1.165, 1.54) is 22.5 Å². The van der Waals surface area contributed by atoms with Crippen LogP contribution in [0.15, 0.2) is 84.5 Å². The van der Waals surface area contributed by atoms with E-state index in [4.69, 9.17) is 4.74 Å². The molecule has 35 heavy (non-hydrogen) atoms. The molecule has 4 rings (SSSR count). The van der Waals surface area contributed by atoms with Crippen molar-refractivity contribution < 1.29 is 9.53 Å². The van der Waals surface area contributed by atoms with Gasteiger partial charge in [0.25, 0.3) is 0 Å². The summed E-state index contributed by atoms with van der Waals surface area (Å²) in [5, 5.41) is 18.3. The van der Waals surface area contributed by atoms with Crippen molar-refractivity contribution in [2.45, 2.75) is 31.2 Å². The fraction of sp³-hybridized carbons (Fsp3) is 0.222. The quantitative estimate of drug-likeness (QED) is 0.215. The Bertz CT molecular complexity index is 1280. The molecule has 1 amide bonds. The van der Waals surface area contributed by atoms with Crippen LogP contribution in [-0.2, 0) is 24.4 Å². The van der Waals surface area contributed by atoms with Crippen molar-refractivity contribution in [1.29, 1.82) is 0 Å². The van der Waals surface area contributed by atoms with E-state index in [-0.39, 0.29) is 5.91 Å². The standard InChI is InChI=1S/C27H29N5O2S/c1-3-16-32-25(19-28-24-10-6-8-21-7-4-5-9-23(21)24)30-31-27(32)35-17-15-26(33)29-18-20-11-13-22(34-2)14-12-20/h3-14,28H,1,15-19H2,2H3,(H,29,33). The molecule has 1 heterocycles. The lowest BCUT2D eigenvalue weighted by atomic mass is 10.1. The molecule has 0 saturated heterocycles. The summed E-state index contributed by atoms with van der Waals surface area (Å²) in [5.41, 5.74) is 2.08. The predicted molar refractivity (Wildman–Crippen MR) is 142 cm³/mol. The van der Waals surface area contributed by atoms with Crippen LogP contribution in [0.2, 0.25) is 0 Å². The van der Waals surface area contributed by atoms with Crippen LogP contribution in [0.3, 0.4) is 0 Å². The van der Waals surface area contributed by atoms with Gasteiger partial charge in [-0.15, -0.1) is 16.8 Å². The highest BCUT2D eigenvalue weighted by atomic mass is 32.2. The van der Waals surface area contributed by atoms with Crippen molar-refractivity contribution in [3.8, 4) is 5.75 Å². The van der Waals surface area contributed by atoms with Crippen molar-refractivity contribution in [2.24, 2.45) is 0 Å². The van der Waals surface area contributed by atoms with Gasteiger partial charge in [0, 0.05) is 36.3 Å². The van der Waals surface area contributed by atoms with E-state index >= 15 is 0 Å². The monoisotopic (exact) mass is 487 g/mol. The Balaban J connectivity index is 1.30. The minimum absolute atomic E-state index is 0.000880. The number of carbonyl (C=O) groups is 1. The van der Waals surface area contributed by atoms with Crippen LogP contribution >= 0.6 is 11.8 Å². The second-order valence-electron chi connectivity index (χ2n) is 7.90. The Hall–Kier alpha value is -3.78. The number of carbonyl (C=O) groups excluding carboxylic acids is 1. The number of nitrogens with zero attached hydrogens (tertiary/aromatic N) is 3. The average molecular weight is 488 g/mol. The Morgan fingerprint density at radius 1 is 1.06 bits per heavy atom. The summed E-state index contributed by atoms with van der Waals surface area (Å²) < 4.78 is 7.19. The average Bonchev–Trinajstić information content (AvgIpc) is 3.28. The number of rotatable bonds is 12. The second kappa shape index (κ2) is 12.1. The molecule has 8 heteroatoms. The van der Waals surface area contributed by atoms with Gasteiger partial charge >= 0.3 is 0 Å². The molecule has 0 aliphatic carbocycles. The van der Waals surface area contributed by atoms with Gasteiger partial charge in [0.05, 0.1) is 13.7 Å². The molecule has 4 aromatic rings. The summed E-state index contributed by atoms with van der Waals surface area (Å²) >= 11 is 1.52. The predicted octanol–water partition coefficient (Wildman–Crippen LogP) is 5.04. The molecule has 0 unspecified atom stereocenters. The highest BCUT2D eigenvalue weighted by Gasteiger charge is 2.13. The van der Waals surface area contributed by atoms with Gasteiger partial charge < -0.3 is 19.9 Å². The number of nitrogens with one attached hydrogen (secondary N) is 2. The molecule has 0 saturated carbocycles. The first kappa shape index (κ1) is 24.3. The van der Waals surface area contributed by atoms with Crippen molar-refractivity contribution in [3.63, 3.8) is 0 Å². The molecule has 0 bridgehead atoms. The maximum Gasteiger partial charge on any atom is 0.221 e. The van der Waals surface area contributed by atoms with Crippen LogP contribution in [0, 0.1) is 0 Å². The number of allylic oxidation sites excluding steroid dienone is 1. The number of aromatic nitrogens is 3. The second-order valence-corrected chi connectivity index (χ2v) is 8.96. The van der Waals surface area contributed by atoms with Crippen LogP contribution in [-0.4, -0.2) is 33.5 Å². The summed E-state index contributed by atoms with van der Waals surface area (Å²) in [6.07, 6.45) is 2.22. The maximum atomic E-state index is 12.3. The van der Waals surface area contributed by atoms with Crippen LogP contribution in [0.4, 0.5) is 5.69 Å². The topological polar surface area (TPSA) is 81.1 Å². The van der Waals surface area contributed by atoms with Gasteiger partial charge in [0.2, 0.25) is 5.91 Å². The van der Waals surface area contributed by atoms with E-state index in [2.05, 4.69) is 51.7 Å². The van der Waals surface area contributed by atoms with Crippen molar-refractivity contribution in [2.75, 3.05) is 18.2 Å². The lowest BCUT2D eigenvalue weighted by Crippen LogP contribution is -2.23. The van der Waals surface area contributed by atoms with Gasteiger partial charge in [-0.25, -0.2) is 0 Å². The van der Waals surface area contributed by atoms with E-state index in [0.29, 0.717) is 31.8 Å². The highest BCUT2D eigenvalue weighted by molar-refractivity contribution is 7.99. The molecule has 0 aliphatic rings. The van der Waals surface area contributed by atoms with Gasteiger partial charge in [-0.05, 0) is 29.1 Å². The third-order valence-electron chi connectivity index (χ3n) is 5.54. The first-order valence-corrected chi connectivity index (χ1v) is 12.4. The summed E-state index contributed by atoms with van der Waals surface area (Å²) in [5.74, 6) is 2.23. The number of ether oxygens (including phenoxy) is 1. The molecule has 0 spiro atoms. The zero-order valence-corrected chi connectivity index (χ0v) is 20.6. The van der Waals surface area contributed by atoms with Gasteiger partial charge in [-0.1, -0.05) is 66.4 Å². The molecule has 7 nitrogen and oxygen atoms in total. The number of methoxy groups -OCH3 is 1. The normalized spacial score (nSPS) is 10.8. The summed E-state index contributed by atoms with van der Waals surface area (Å²) in [4.78, 5) is 12.3. The van der Waals surface area contributed by atoms with E-state index < -0.39 is 0 Å². The number of anilines is 1. The Morgan fingerprint density at radius 2 is 1.86 bits per heavy atom. The number of fused-ring (bicyclic) bond motifs is 1. The van der Waals surface area contributed by atoms with Gasteiger partial charge in [-0.2, -0.15) is 0 Å². The first-order valence-electron chi connectivity index (χ1n) is 11.4. The molecule has 0 aliphatic heterocycles. The Labute approximate surface area is 209 Å². The number of hydrogen-bond acceptors (Lipinski definition) is 6. The Kier molecular flexibility index (Phi) is 8.40. The minimum atomic E-state index is 0.000880. The van der Waals surface area contributed by atoms with Crippen molar-refractivity contribution >= 4 is 34.1 Å². The fourth-order valence-corrected chi connectivity index (χ4v) is 4.59. The third kappa shape index (κ3) is 6.42. The van der Waals surface area contributed by atoms with Gasteiger partial charge in [0.15, 0.2) is 11.0 Å². The molecule has 0 fully saturated rings. The van der Waals surface area contributed by atoms with Crippen LogP contribution in [0.25, 0.3) is 10.8 Å². The number of benzene rings is 3. The van der Waals surface area contributed by atoms with Gasteiger partial charge in [0.1, 0.15) is 5.75 Å². The molecule has 3 aromatic carbocycles. The van der Waals surface area contributed by atoms with Crippen molar-refractivity contribution in [1.82, 2.24) is 20.1 Å². The largest absolute Gasteiger partial charge is 0.497 e. The van der Waals surface area contributed by atoms with E-state index in [0.717, 1.165) is 28.0 Å². The lowest BCUT2D eigenvalue weighted by molar-refractivity contribution is -0.120.